The van der Waals surface area contributed by atoms with Crippen LogP contribution in [0, 0.1) is 0 Å². The molecule has 4 heteroatoms. The fourth-order valence-electron chi connectivity index (χ4n) is 2.38. The Hall–Kier alpha value is -0.160. The second-order valence-electron chi connectivity index (χ2n) is 4.57. The van der Waals surface area contributed by atoms with Crippen LogP contribution in [0.15, 0.2) is 0 Å². The van der Waals surface area contributed by atoms with Gasteiger partial charge in [0.2, 0.25) is 0 Å². The summed E-state index contributed by atoms with van der Waals surface area (Å²) in [7, 11) is 0. The van der Waals surface area contributed by atoms with Crippen LogP contribution in [0.2, 0.25) is 0 Å². The molecule has 2 aliphatic heterocycles. The van der Waals surface area contributed by atoms with Crippen LogP contribution in [0.5, 0.6) is 0 Å². The molecule has 0 radical (unpaired) electrons. The average Bonchev–Trinajstić information content (AvgIpc) is 2.60. The van der Waals surface area contributed by atoms with E-state index in [9.17, 15) is 0 Å². The van der Waals surface area contributed by atoms with Crippen molar-refractivity contribution in [2.24, 2.45) is 0 Å². The molecule has 0 bridgehead atoms. The Bertz CT molecular complexity index is 202. The van der Waals surface area contributed by atoms with Crippen molar-refractivity contribution >= 4 is 0 Å². The second-order valence-corrected chi connectivity index (χ2v) is 4.57. The van der Waals surface area contributed by atoms with E-state index in [0.717, 1.165) is 45.5 Å². The zero-order valence-corrected chi connectivity index (χ0v) is 9.45. The van der Waals surface area contributed by atoms with E-state index in [1.807, 2.05) is 0 Å². The molecule has 0 aromatic rings. The van der Waals surface area contributed by atoms with Crippen LogP contribution in [0.3, 0.4) is 0 Å². The highest BCUT2D eigenvalue weighted by Gasteiger charge is 2.42. The van der Waals surface area contributed by atoms with Crippen molar-refractivity contribution < 1.29 is 14.6 Å². The minimum Gasteiger partial charge on any atom is -0.396 e. The zero-order valence-electron chi connectivity index (χ0n) is 9.45. The molecule has 0 aliphatic carbocycles. The van der Waals surface area contributed by atoms with Crippen LogP contribution in [0.1, 0.15) is 26.2 Å². The first kappa shape index (κ1) is 11.3. The minimum atomic E-state index is -0.283. The number of likely N-dealkylation sites (tertiary alicyclic amines) is 1. The molecule has 0 aromatic heterocycles. The van der Waals surface area contributed by atoms with Gasteiger partial charge in [-0.2, -0.15) is 0 Å². The van der Waals surface area contributed by atoms with Crippen molar-refractivity contribution in [1.29, 1.82) is 0 Å². The largest absolute Gasteiger partial charge is 0.396 e. The molecule has 0 aromatic carbocycles. The van der Waals surface area contributed by atoms with Crippen LogP contribution in [-0.2, 0) is 9.47 Å². The van der Waals surface area contributed by atoms with E-state index in [4.69, 9.17) is 14.6 Å². The summed E-state index contributed by atoms with van der Waals surface area (Å²) < 4.78 is 11.6. The van der Waals surface area contributed by atoms with Crippen LogP contribution < -0.4 is 0 Å². The average molecular weight is 215 g/mol. The smallest absolute Gasteiger partial charge is 0.171 e. The topological polar surface area (TPSA) is 41.9 Å². The predicted molar refractivity (Wildman–Crippen MR) is 56.6 cm³/mol. The Balaban J connectivity index is 1.76. The zero-order chi connectivity index (χ0) is 10.7. The Morgan fingerprint density at radius 2 is 2.13 bits per heavy atom. The molecule has 88 valence electrons. The standard InChI is InChI=1S/C11H21NO3/c1-10-9-14-11(15-10)3-6-12(7-4-11)5-2-8-13/h10,13H,2-9H2,1H3. The molecule has 2 rings (SSSR count). The summed E-state index contributed by atoms with van der Waals surface area (Å²) in [4.78, 5) is 2.37. The molecular weight excluding hydrogens is 194 g/mol. The number of nitrogens with zero attached hydrogens (tertiary/aromatic N) is 1. The molecule has 1 unspecified atom stereocenters. The minimum absolute atomic E-state index is 0.244. The van der Waals surface area contributed by atoms with E-state index in [1.165, 1.54) is 0 Å². The summed E-state index contributed by atoms with van der Waals surface area (Å²) in [6.45, 7) is 6.11. The summed E-state index contributed by atoms with van der Waals surface area (Å²) in [6.07, 6.45) is 3.03. The lowest BCUT2D eigenvalue weighted by Crippen LogP contribution is -2.45. The maximum Gasteiger partial charge on any atom is 0.171 e. The number of piperidine rings is 1. The summed E-state index contributed by atoms with van der Waals surface area (Å²) in [5.41, 5.74) is 0. The molecule has 2 saturated heterocycles. The van der Waals surface area contributed by atoms with Gasteiger partial charge in [-0.25, -0.2) is 0 Å². The number of hydrogen-bond acceptors (Lipinski definition) is 4. The van der Waals surface area contributed by atoms with E-state index in [2.05, 4.69) is 11.8 Å². The van der Waals surface area contributed by atoms with Crippen LogP contribution in [0.25, 0.3) is 0 Å². The lowest BCUT2D eigenvalue weighted by Gasteiger charge is -2.37. The molecule has 2 fully saturated rings. The van der Waals surface area contributed by atoms with Crippen LogP contribution in [-0.4, -0.2) is 54.7 Å². The number of aliphatic hydroxyl groups is 1. The fourth-order valence-corrected chi connectivity index (χ4v) is 2.38. The molecule has 4 nitrogen and oxygen atoms in total. The van der Waals surface area contributed by atoms with Gasteiger partial charge in [0.25, 0.3) is 0 Å². The Kier molecular flexibility index (Phi) is 3.61. The fraction of sp³-hybridized carbons (Fsp3) is 1.00. The number of hydrogen-bond donors (Lipinski definition) is 1. The maximum absolute atomic E-state index is 8.76. The Morgan fingerprint density at radius 3 is 2.67 bits per heavy atom. The summed E-state index contributed by atoms with van der Waals surface area (Å²) >= 11 is 0. The van der Waals surface area contributed by atoms with E-state index in [0.29, 0.717) is 0 Å². The van der Waals surface area contributed by atoms with Crippen molar-refractivity contribution in [2.75, 3.05) is 32.8 Å². The summed E-state index contributed by atoms with van der Waals surface area (Å²) in [5, 5.41) is 8.76. The lowest BCUT2D eigenvalue weighted by molar-refractivity contribution is -0.193. The normalized spacial score (nSPS) is 31.2. The van der Waals surface area contributed by atoms with Crippen LogP contribution in [0.4, 0.5) is 0 Å². The SMILES string of the molecule is CC1COC2(CCN(CCCO)CC2)O1. The van der Waals surface area contributed by atoms with Gasteiger partial charge >= 0.3 is 0 Å². The molecule has 0 amide bonds. The molecule has 15 heavy (non-hydrogen) atoms. The first-order valence-electron chi connectivity index (χ1n) is 5.89. The van der Waals surface area contributed by atoms with E-state index < -0.39 is 0 Å². The van der Waals surface area contributed by atoms with Crippen molar-refractivity contribution in [2.45, 2.75) is 38.1 Å². The Morgan fingerprint density at radius 1 is 1.40 bits per heavy atom. The molecule has 0 saturated carbocycles. The van der Waals surface area contributed by atoms with Crippen molar-refractivity contribution in [3.05, 3.63) is 0 Å². The van der Waals surface area contributed by atoms with E-state index >= 15 is 0 Å². The van der Waals surface area contributed by atoms with E-state index in [-0.39, 0.29) is 18.5 Å². The first-order chi connectivity index (χ1) is 7.24. The molecule has 1 spiro atoms. The third kappa shape index (κ3) is 2.69. The highest BCUT2D eigenvalue weighted by molar-refractivity contribution is 4.84. The van der Waals surface area contributed by atoms with Gasteiger partial charge in [-0.05, 0) is 13.3 Å². The number of aliphatic hydroxyl groups excluding tert-OH is 1. The van der Waals surface area contributed by atoms with Gasteiger partial charge in [-0.3, -0.25) is 0 Å². The van der Waals surface area contributed by atoms with Gasteiger partial charge < -0.3 is 19.5 Å². The van der Waals surface area contributed by atoms with Gasteiger partial charge in [-0.1, -0.05) is 0 Å². The van der Waals surface area contributed by atoms with Gasteiger partial charge in [-0.15, -0.1) is 0 Å². The second kappa shape index (κ2) is 4.78. The van der Waals surface area contributed by atoms with Gasteiger partial charge in [0.15, 0.2) is 5.79 Å². The molecule has 1 atom stereocenters. The predicted octanol–water partition coefficient (Wildman–Crippen LogP) is 0.596. The highest BCUT2D eigenvalue weighted by Crippen LogP contribution is 2.33. The number of ether oxygens (including phenoxy) is 2. The molecule has 1 N–H and O–H groups in total. The monoisotopic (exact) mass is 215 g/mol. The third-order valence-electron chi connectivity index (χ3n) is 3.25. The maximum atomic E-state index is 8.76. The third-order valence-corrected chi connectivity index (χ3v) is 3.25. The molecule has 2 aliphatic rings. The van der Waals surface area contributed by atoms with Crippen molar-refractivity contribution in [3.63, 3.8) is 0 Å². The van der Waals surface area contributed by atoms with Crippen LogP contribution >= 0.6 is 0 Å². The van der Waals surface area contributed by atoms with Gasteiger partial charge in [0.1, 0.15) is 0 Å². The molecule has 2 heterocycles. The quantitative estimate of drug-likeness (QED) is 0.748. The van der Waals surface area contributed by atoms with E-state index in [1.54, 1.807) is 0 Å². The molecular formula is C11H21NO3. The Labute approximate surface area is 91.2 Å². The first-order valence-corrected chi connectivity index (χ1v) is 5.89. The van der Waals surface area contributed by atoms with Crippen molar-refractivity contribution in [1.82, 2.24) is 4.90 Å². The van der Waals surface area contributed by atoms with Gasteiger partial charge in [0, 0.05) is 39.1 Å². The summed E-state index contributed by atoms with van der Waals surface area (Å²) in [5.74, 6) is -0.283. The van der Waals surface area contributed by atoms with Gasteiger partial charge in [0.05, 0.1) is 12.7 Å². The summed E-state index contributed by atoms with van der Waals surface area (Å²) in [6, 6.07) is 0. The number of rotatable bonds is 3. The van der Waals surface area contributed by atoms with Crippen molar-refractivity contribution in [3.8, 4) is 0 Å². The lowest BCUT2D eigenvalue weighted by atomic mass is 10.0. The highest BCUT2D eigenvalue weighted by atomic mass is 16.7.